The molecular formula is C91H150O4. The molecule has 15 rings (SSSR count). The fraction of sp³-hybridized carbons (Fsp3) is 0.923. The Balaban J connectivity index is 0.000000129. The third-order valence-electron chi connectivity index (χ3n) is 40.2. The van der Waals surface area contributed by atoms with Crippen LogP contribution in [0, 0.1) is 164 Å². The SMILES string of the molecule is C=C(C)[C@@H]1CC[C@]2(C(C)=O)CC[C@]3(C)C(CCC4[C@@]5(C)CC[C@H](O)C(C)(C)C5CC[C@]43C)C12.CC1(C)CC[C@]2(C)CC[C@]3(C)C(=CC[C@@H]4[C@@]5(C)CC[C@H](O)C(C)(C)[C@@H]5CC[C@]43C)[C@@H]2C1.C[C@H]1[C@H](C)CC[C@]2(C)CC[C@]3(C)C(=CC[C@@H]4[C@@]5(C)CC[C@H](O)C(C)(C)[C@@H]5CC[C@]43C)[C@H]12. The Morgan fingerprint density at radius 2 is 0.874 bits per heavy atom. The van der Waals surface area contributed by atoms with Crippen LogP contribution in [-0.2, 0) is 4.79 Å². The maximum absolute atomic E-state index is 13.2. The number of aliphatic hydroxyl groups excluding tert-OH is 3. The van der Waals surface area contributed by atoms with Gasteiger partial charge in [-0.25, -0.2) is 0 Å². The zero-order valence-electron chi connectivity index (χ0n) is 66.4. The summed E-state index contributed by atoms with van der Waals surface area (Å²) in [6.45, 7) is 62.1. The van der Waals surface area contributed by atoms with Crippen LogP contribution in [0.15, 0.2) is 35.5 Å². The highest BCUT2D eigenvalue weighted by Crippen LogP contribution is 2.81. The number of Topliss-reactive ketones (excluding diaryl/α,β-unsaturated/α-hetero) is 1. The standard InChI is InChI=1S/C31H50O2.2C30H50O/c1-19(2)21-11-16-31(20(3)32)18-17-29(7)22(26(21)31)9-10-24-28(6)14-13-25(33)27(4,5)23(28)12-15-30(24,29)8;1-19-11-14-27(5)17-18-29(7)21(25(27)20(19)2)9-10-23-28(6)15-13-24(31)26(3,4)22(28)12-16-30(23,29)8;1-25(2)15-16-27(5)17-18-29(7)20(21(27)19-25)9-10-23-28(6)13-12-24(31)26(3,4)22(28)11-14-30(23,29)8/h21-26,33H,1,9-18H2,2-8H3;9,19-20,22-25,31H,10-18H2,1-8H3;9,21-24,31H,10-19H2,1-8H3/t21-,22?,23?,24?,25-,26?,28-,29+,30+,31+;19-,20+,22+,23-,24+,25+,27-,28+,29-,30-;21-,22-,23+,24-,27+,28-,29+,30+/m010/s1. The summed E-state index contributed by atoms with van der Waals surface area (Å²) in [5.74, 6) is 9.58. The molecule has 28 atom stereocenters. The smallest absolute Gasteiger partial charge is 0.136 e. The van der Waals surface area contributed by atoms with Gasteiger partial charge in [-0.15, -0.1) is 0 Å². The second kappa shape index (κ2) is 22.6. The Morgan fingerprint density at radius 1 is 0.421 bits per heavy atom. The number of rotatable bonds is 2. The maximum Gasteiger partial charge on any atom is 0.136 e. The van der Waals surface area contributed by atoms with Crippen LogP contribution >= 0.6 is 0 Å². The lowest BCUT2D eigenvalue weighted by Gasteiger charge is -2.72. The van der Waals surface area contributed by atoms with Gasteiger partial charge >= 0.3 is 0 Å². The second-order valence-electron chi connectivity index (χ2n) is 44.7. The molecule has 0 aliphatic heterocycles. The molecule has 15 aliphatic carbocycles. The van der Waals surface area contributed by atoms with Crippen molar-refractivity contribution in [2.45, 2.75) is 364 Å². The molecule has 4 heteroatoms. The van der Waals surface area contributed by atoms with Gasteiger partial charge in [0.15, 0.2) is 0 Å². The molecule has 13 fully saturated rings. The van der Waals surface area contributed by atoms with Crippen LogP contribution in [0.4, 0.5) is 0 Å². The highest BCUT2D eigenvalue weighted by atomic mass is 16.3. The van der Waals surface area contributed by atoms with Gasteiger partial charge in [0.2, 0.25) is 0 Å². The van der Waals surface area contributed by atoms with Gasteiger partial charge in [0.25, 0.3) is 0 Å². The third kappa shape index (κ3) is 9.63. The van der Waals surface area contributed by atoms with Crippen LogP contribution < -0.4 is 0 Å². The van der Waals surface area contributed by atoms with Crippen molar-refractivity contribution >= 4 is 5.78 Å². The third-order valence-corrected chi connectivity index (χ3v) is 40.2. The fourth-order valence-electron chi connectivity index (χ4n) is 33.1. The van der Waals surface area contributed by atoms with Crippen molar-refractivity contribution < 1.29 is 20.1 Å². The molecule has 0 bridgehead atoms. The molecule has 0 aromatic carbocycles. The van der Waals surface area contributed by atoms with Gasteiger partial charge in [0.1, 0.15) is 5.78 Å². The van der Waals surface area contributed by atoms with E-state index in [0.717, 1.165) is 80.0 Å². The highest BCUT2D eigenvalue weighted by Gasteiger charge is 2.74. The molecule has 3 N–H and O–H groups in total. The van der Waals surface area contributed by atoms with Crippen molar-refractivity contribution in [3.63, 3.8) is 0 Å². The topological polar surface area (TPSA) is 77.8 Å². The van der Waals surface area contributed by atoms with Gasteiger partial charge in [-0.05, 0) is 358 Å². The number of allylic oxidation sites excluding steroid dienone is 5. The Labute approximate surface area is 585 Å². The van der Waals surface area contributed by atoms with E-state index in [2.05, 4.69) is 171 Å². The van der Waals surface area contributed by atoms with E-state index in [4.69, 9.17) is 0 Å². The van der Waals surface area contributed by atoms with Crippen molar-refractivity contribution in [3.05, 3.63) is 35.5 Å². The molecule has 0 aromatic rings. The lowest BCUT2D eigenvalue weighted by Crippen LogP contribution is -2.67. The summed E-state index contributed by atoms with van der Waals surface area (Å²) >= 11 is 0. The van der Waals surface area contributed by atoms with Crippen LogP contribution in [0.25, 0.3) is 0 Å². The van der Waals surface area contributed by atoms with E-state index in [1.165, 1.54) is 153 Å². The average molecular weight is 1310 g/mol. The van der Waals surface area contributed by atoms with Crippen molar-refractivity contribution in [1.82, 2.24) is 0 Å². The second-order valence-corrected chi connectivity index (χ2v) is 44.7. The first kappa shape index (κ1) is 72.1. The van der Waals surface area contributed by atoms with E-state index in [0.29, 0.717) is 106 Å². The van der Waals surface area contributed by atoms with E-state index in [1.54, 1.807) is 0 Å². The molecule has 4 unspecified atom stereocenters. The van der Waals surface area contributed by atoms with Gasteiger partial charge in [-0.2, -0.15) is 0 Å². The van der Waals surface area contributed by atoms with E-state index in [1.807, 2.05) is 18.1 Å². The molecule has 15 aliphatic rings. The van der Waals surface area contributed by atoms with Gasteiger partial charge in [-0.1, -0.05) is 181 Å². The number of aliphatic hydroxyl groups is 3. The normalized spacial score (nSPS) is 56.1. The van der Waals surface area contributed by atoms with Crippen molar-refractivity contribution in [3.8, 4) is 0 Å². The minimum atomic E-state index is -0.160. The molecule has 0 heterocycles. The number of carbonyl (C=O) groups is 1. The summed E-state index contributed by atoms with van der Waals surface area (Å²) in [5.41, 5.74) is 9.88. The summed E-state index contributed by atoms with van der Waals surface area (Å²) in [4.78, 5) is 13.2. The van der Waals surface area contributed by atoms with E-state index in [9.17, 15) is 20.1 Å². The van der Waals surface area contributed by atoms with Gasteiger partial charge in [-0.3, -0.25) is 4.79 Å². The Kier molecular flexibility index (Phi) is 17.2. The summed E-state index contributed by atoms with van der Waals surface area (Å²) in [5, 5.41) is 32.7. The molecule has 13 saturated carbocycles. The summed E-state index contributed by atoms with van der Waals surface area (Å²) < 4.78 is 0. The van der Waals surface area contributed by atoms with Crippen molar-refractivity contribution in [1.29, 1.82) is 0 Å². The molecule has 0 amide bonds. The van der Waals surface area contributed by atoms with E-state index in [-0.39, 0.29) is 40.0 Å². The zero-order valence-corrected chi connectivity index (χ0v) is 66.4. The van der Waals surface area contributed by atoms with Crippen LogP contribution in [0.2, 0.25) is 0 Å². The van der Waals surface area contributed by atoms with Crippen LogP contribution in [0.1, 0.15) is 345 Å². The Hall–Kier alpha value is -1.23. The lowest BCUT2D eigenvalue weighted by molar-refractivity contribution is -0.246. The van der Waals surface area contributed by atoms with Gasteiger partial charge in [0, 0.05) is 5.41 Å². The first-order valence-electron chi connectivity index (χ1n) is 41.4. The minimum absolute atomic E-state index is 0.0128. The maximum atomic E-state index is 13.2. The van der Waals surface area contributed by atoms with Gasteiger partial charge < -0.3 is 15.3 Å². The van der Waals surface area contributed by atoms with Crippen LogP contribution in [0.5, 0.6) is 0 Å². The molecule has 538 valence electrons. The summed E-state index contributed by atoms with van der Waals surface area (Å²) in [6, 6.07) is 0. The van der Waals surface area contributed by atoms with Gasteiger partial charge in [0.05, 0.1) is 18.3 Å². The Bertz CT molecular complexity index is 3060. The van der Waals surface area contributed by atoms with Crippen LogP contribution in [0.3, 0.4) is 0 Å². The largest absolute Gasteiger partial charge is 0.393 e. The summed E-state index contributed by atoms with van der Waals surface area (Å²) in [6.07, 6.45) is 42.1. The zero-order chi connectivity index (χ0) is 69.5. The van der Waals surface area contributed by atoms with Crippen molar-refractivity contribution in [2.75, 3.05) is 0 Å². The minimum Gasteiger partial charge on any atom is -0.393 e. The first-order valence-corrected chi connectivity index (χ1v) is 41.4. The first-order chi connectivity index (χ1) is 43.8. The molecule has 0 spiro atoms. The number of hydrogen-bond donors (Lipinski definition) is 3. The number of fused-ring (bicyclic) bond motifs is 21. The van der Waals surface area contributed by atoms with E-state index >= 15 is 0 Å². The Morgan fingerprint density at radius 3 is 1.37 bits per heavy atom. The molecule has 0 aromatic heterocycles. The number of hydrogen-bond acceptors (Lipinski definition) is 4. The molecular weight excluding hydrogens is 1160 g/mol. The number of ketones is 1. The van der Waals surface area contributed by atoms with E-state index < -0.39 is 0 Å². The molecule has 4 nitrogen and oxygen atoms in total. The quantitative estimate of drug-likeness (QED) is 0.241. The summed E-state index contributed by atoms with van der Waals surface area (Å²) in [7, 11) is 0. The predicted molar refractivity (Wildman–Crippen MR) is 397 cm³/mol. The number of carbonyl (C=O) groups excluding carboxylic acids is 1. The van der Waals surface area contributed by atoms with Crippen molar-refractivity contribution in [2.24, 2.45) is 164 Å². The molecule has 95 heavy (non-hydrogen) atoms. The monoisotopic (exact) mass is 1310 g/mol. The fourth-order valence-corrected chi connectivity index (χ4v) is 33.1. The predicted octanol–water partition coefficient (Wildman–Crippen LogP) is 23.8. The average Bonchev–Trinajstić information content (AvgIpc) is 1.33. The molecule has 0 saturated heterocycles. The van der Waals surface area contributed by atoms with Crippen LogP contribution in [-0.4, -0.2) is 39.4 Å². The molecule has 0 radical (unpaired) electrons. The highest BCUT2D eigenvalue weighted by molar-refractivity contribution is 5.83. The lowest BCUT2D eigenvalue weighted by atomic mass is 9.32.